The van der Waals surface area contributed by atoms with Crippen molar-refractivity contribution in [2.75, 3.05) is 5.73 Å². The molecule has 3 nitrogen and oxygen atoms in total. The smallest absolute Gasteiger partial charge is 0.153 e. The zero-order chi connectivity index (χ0) is 12.7. The van der Waals surface area contributed by atoms with Gasteiger partial charge in [0, 0.05) is 16.8 Å². The normalized spacial score (nSPS) is 15.0. The summed E-state index contributed by atoms with van der Waals surface area (Å²) in [5.41, 5.74) is 8.62. The van der Waals surface area contributed by atoms with Crippen LogP contribution >= 0.6 is 23.2 Å². The highest BCUT2D eigenvalue weighted by Gasteiger charge is 2.26. The van der Waals surface area contributed by atoms with Crippen molar-refractivity contribution in [2.24, 2.45) is 5.92 Å². The van der Waals surface area contributed by atoms with Crippen molar-refractivity contribution in [1.29, 1.82) is 0 Å². The number of nitrogen functional groups attached to an aromatic ring is 1. The van der Waals surface area contributed by atoms with Gasteiger partial charge in [-0.25, -0.2) is 0 Å². The Kier molecular flexibility index (Phi) is 2.96. The monoisotopic (exact) mass is 281 g/mol. The summed E-state index contributed by atoms with van der Waals surface area (Å²) in [6.45, 7) is 0. The second-order valence-electron chi connectivity index (χ2n) is 4.71. The molecular formula is C13H13Cl2N3. The fourth-order valence-corrected chi connectivity index (χ4v) is 2.75. The van der Waals surface area contributed by atoms with E-state index in [1.807, 2.05) is 18.2 Å². The van der Waals surface area contributed by atoms with Crippen LogP contribution in [-0.4, -0.2) is 10.2 Å². The standard InChI is InChI=1S/C13H13Cl2N3/c14-8-2-1-3-9(15)11(8)12-10(6-7-4-5-7)17-18-13(12)16/h1-3,7H,4-6H2,(H3,16,17,18). The second-order valence-corrected chi connectivity index (χ2v) is 5.52. The lowest BCUT2D eigenvalue weighted by Crippen LogP contribution is -1.94. The van der Waals surface area contributed by atoms with Gasteiger partial charge in [-0.2, -0.15) is 5.10 Å². The topological polar surface area (TPSA) is 54.7 Å². The van der Waals surface area contributed by atoms with Crippen LogP contribution in [0.3, 0.4) is 0 Å². The van der Waals surface area contributed by atoms with E-state index in [1.165, 1.54) is 12.8 Å². The van der Waals surface area contributed by atoms with Gasteiger partial charge in [-0.1, -0.05) is 29.3 Å². The van der Waals surface area contributed by atoms with Crippen LogP contribution in [0.2, 0.25) is 10.0 Å². The van der Waals surface area contributed by atoms with Gasteiger partial charge in [-0.15, -0.1) is 0 Å². The summed E-state index contributed by atoms with van der Waals surface area (Å²) < 4.78 is 0. The third kappa shape index (κ3) is 2.08. The molecule has 0 spiro atoms. The molecule has 1 aliphatic rings. The summed E-state index contributed by atoms with van der Waals surface area (Å²) in [7, 11) is 0. The number of nitrogens with zero attached hydrogens (tertiary/aromatic N) is 1. The second kappa shape index (κ2) is 4.48. The third-order valence-corrected chi connectivity index (χ3v) is 3.90. The molecule has 1 aliphatic carbocycles. The molecule has 5 heteroatoms. The van der Waals surface area contributed by atoms with E-state index in [4.69, 9.17) is 28.9 Å². The molecule has 94 valence electrons. The first kappa shape index (κ1) is 11.9. The van der Waals surface area contributed by atoms with E-state index < -0.39 is 0 Å². The molecule has 3 rings (SSSR count). The Balaban J connectivity index is 2.12. The van der Waals surface area contributed by atoms with Gasteiger partial charge >= 0.3 is 0 Å². The highest BCUT2D eigenvalue weighted by atomic mass is 35.5. The van der Waals surface area contributed by atoms with Crippen molar-refractivity contribution >= 4 is 29.0 Å². The molecule has 0 radical (unpaired) electrons. The van der Waals surface area contributed by atoms with Gasteiger partial charge in [0.05, 0.1) is 10.0 Å². The Morgan fingerprint density at radius 1 is 1.22 bits per heavy atom. The number of halogens is 2. The third-order valence-electron chi connectivity index (χ3n) is 3.27. The average molecular weight is 282 g/mol. The van der Waals surface area contributed by atoms with Crippen molar-refractivity contribution in [2.45, 2.75) is 19.3 Å². The van der Waals surface area contributed by atoms with Crippen molar-refractivity contribution in [1.82, 2.24) is 10.2 Å². The van der Waals surface area contributed by atoms with E-state index in [9.17, 15) is 0 Å². The Morgan fingerprint density at radius 2 is 1.89 bits per heavy atom. The Labute approximate surface area is 115 Å². The van der Waals surface area contributed by atoms with E-state index >= 15 is 0 Å². The Hall–Kier alpha value is -1.19. The molecule has 1 saturated carbocycles. The maximum Gasteiger partial charge on any atom is 0.153 e. The summed E-state index contributed by atoms with van der Waals surface area (Å²) >= 11 is 12.5. The molecule has 18 heavy (non-hydrogen) atoms. The summed E-state index contributed by atoms with van der Waals surface area (Å²) in [6.07, 6.45) is 3.50. The Morgan fingerprint density at radius 3 is 2.50 bits per heavy atom. The van der Waals surface area contributed by atoms with Crippen LogP contribution in [0.5, 0.6) is 0 Å². The van der Waals surface area contributed by atoms with Gasteiger partial charge < -0.3 is 5.73 Å². The van der Waals surface area contributed by atoms with Gasteiger partial charge in [0.15, 0.2) is 5.82 Å². The minimum Gasteiger partial charge on any atom is -0.382 e. The zero-order valence-electron chi connectivity index (χ0n) is 9.71. The number of aromatic nitrogens is 2. The van der Waals surface area contributed by atoms with Gasteiger partial charge in [0.1, 0.15) is 0 Å². The summed E-state index contributed by atoms with van der Waals surface area (Å²) in [4.78, 5) is 0. The predicted molar refractivity (Wildman–Crippen MR) is 74.9 cm³/mol. The van der Waals surface area contributed by atoms with Crippen molar-refractivity contribution in [3.05, 3.63) is 33.9 Å². The Bertz CT molecular complexity index is 568. The lowest BCUT2D eigenvalue weighted by Gasteiger charge is -2.08. The van der Waals surface area contributed by atoms with E-state index in [2.05, 4.69) is 10.2 Å². The largest absolute Gasteiger partial charge is 0.382 e. The van der Waals surface area contributed by atoms with Crippen LogP contribution < -0.4 is 5.73 Å². The lowest BCUT2D eigenvalue weighted by molar-refractivity contribution is 0.798. The molecule has 1 heterocycles. The maximum absolute atomic E-state index is 6.24. The summed E-state index contributed by atoms with van der Waals surface area (Å²) in [6, 6.07) is 5.46. The number of rotatable bonds is 3. The first-order valence-electron chi connectivity index (χ1n) is 5.94. The molecule has 1 aromatic carbocycles. The lowest BCUT2D eigenvalue weighted by atomic mass is 10.0. The van der Waals surface area contributed by atoms with Crippen LogP contribution in [0.15, 0.2) is 18.2 Å². The number of nitrogens with one attached hydrogen (secondary N) is 1. The highest BCUT2D eigenvalue weighted by molar-refractivity contribution is 6.39. The molecule has 2 aromatic rings. The highest BCUT2D eigenvalue weighted by Crippen LogP contribution is 2.41. The number of nitrogens with two attached hydrogens (primary N) is 1. The quantitative estimate of drug-likeness (QED) is 0.896. The first-order valence-corrected chi connectivity index (χ1v) is 6.69. The molecule has 0 unspecified atom stereocenters. The fraction of sp³-hybridized carbons (Fsp3) is 0.308. The number of aromatic amines is 1. The number of anilines is 1. The maximum atomic E-state index is 6.24. The molecule has 0 saturated heterocycles. The molecule has 1 aromatic heterocycles. The summed E-state index contributed by atoms with van der Waals surface area (Å²) in [5, 5.41) is 8.31. The predicted octanol–water partition coefficient (Wildman–Crippen LogP) is 3.92. The average Bonchev–Trinajstić information content (AvgIpc) is 3.07. The number of hydrogen-bond acceptors (Lipinski definition) is 2. The molecule has 3 N–H and O–H groups in total. The first-order chi connectivity index (χ1) is 8.66. The van der Waals surface area contributed by atoms with Gasteiger partial charge in [-0.05, 0) is 37.3 Å². The van der Waals surface area contributed by atoms with Crippen LogP contribution in [-0.2, 0) is 6.42 Å². The van der Waals surface area contributed by atoms with Gasteiger partial charge in [-0.3, -0.25) is 5.10 Å². The molecule has 0 bridgehead atoms. The van der Waals surface area contributed by atoms with Crippen molar-refractivity contribution < 1.29 is 0 Å². The van der Waals surface area contributed by atoms with Crippen molar-refractivity contribution in [3.8, 4) is 11.1 Å². The van der Waals surface area contributed by atoms with Gasteiger partial charge in [0.2, 0.25) is 0 Å². The van der Waals surface area contributed by atoms with Crippen molar-refractivity contribution in [3.63, 3.8) is 0 Å². The molecule has 1 fully saturated rings. The minimum atomic E-state index is 0.459. The van der Waals surface area contributed by atoms with Crippen LogP contribution in [0.1, 0.15) is 18.5 Å². The van der Waals surface area contributed by atoms with Crippen LogP contribution in [0.4, 0.5) is 5.82 Å². The van der Waals surface area contributed by atoms with E-state index in [1.54, 1.807) is 0 Å². The molecule has 0 atom stereocenters. The van der Waals surface area contributed by atoms with Crippen LogP contribution in [0, 0.1) is 5.92 Å². The summed E-state index contributed by atoms with van der Waals surface area (Å²) in [5.74, 6) is 1.20. The fourth-order valence-electron chi connectivity index (χ4n) is 2.17. The van der Waals surface area contributed by atoms with E-state index in [0.717, 1.165) is 29.2 Å². The number of benzene rings is 1. The minimum absolute atomic E-state index is 0.459. The zero-order valence-corrected chi connectivity index (χ0v) is 11.2. The molecule has 0 amide bonds. The number of hydrogen-bond donors (Lipinski definition) is 2. The molecule has 0 aliphatic heterocycles. The SMILES string of the molecule is Nc1n[nH]c(CC2CC2)c1-c1c(Cl)cccc1Cl. The van der Waals surface area contributed by atoms with E-state index in [-0.39, 0.29) is 0 Å². The van der Waals surface area contributed by atoms with Crippen LogP contribution in [0.25, 0.3) is 11.1 Å². The van der Waals surface area contributed by atoms with E-state index in [0.29, 0.717) is 15.9 Å². The van der Waals surface area contributed by atoms with Gasteiger partial charge in [0.25, 0.3) is 0 Å². The molecular weight excluding hydrogens is 269 g/mol. The number of H-pyrrole nitrogens is 1.